The van der Waals surface area contributed by atoms with E-state index in [4.69, 9.17) is 16.3 Å². The van der Waals surface area contributed by atoms with E-state index in [1.165, 1.54) is 44.6 Å². The molecule has 58 heavy (non-hydrogen) atoms. The molecular weight excluding hydrogens is 778 g/mol. The summed E-state index contributed by atoms with van der Waals surface area (Å²) in [6.07, 6.45) is 9.61. The normalized spacial score (nSPS) is 13.1. The summed E-state index contributed by atoms with van der Waals surface area (Å²) in [5.74, 6) is -0.0115. The van der Waals surface area contributed by atoms with Crippen LogP contribution in [0.25, 0.3) is 5.65 Å². The molecule has 0 radical (unpaired) electrons. The van der Waals surface area contributed by atoms with E-state index in [0.717, 1.165) is 25.0 Å². The summed E-state index contributed by atoms with van der Waals surface area (Å²) in [5, 5.41) is 29.4. The van der Waals surface area contributed by atoms with Gasteiger partial charge in [-0.15, -0.1) is 10.2 Å². The number of aliphatic hydroxyl groups excluding tert-OH is 1. The van der Waals surface area contributed by atoms with Crippen molar-refractivity contribution in [1.29, 1.82) is 0 Å². The maximum absolute atomic E-state index is 13.3. The summed E-state index contributed by atoms with van der Waals surface area (Å²) in [5.41, 5.74) is 0.571. The molecule has 2 aromatic carbocycles. The summed E-state index contributed by atoms with van der Waals surface area (Å²) in [4.78, 5) is 26.4. The molecule has 2 heterocycles. The Bertz CT molecular complexity index is 2090. The first-order valence-electron chi connectivity index (χ1n) is 20.5. The first kappa shape index (κ1) is 46.5. The number of sulfonamides is 1. The van der Waals surface area contributed by atoms with E-state index in [0.29, 0.717) is 39.9 Å². The second kappa shape index (κ2) is 20.2. The minimum Gasteiger partial charge on any atom is -0.482 e. The van der Waals surface area contributed by atoms with Crippen molar-refractivity contribution >= 4 is 50.5 Å². The molecule has 2 aromatic heterocycles. The van der Waals surface area contributed by atoms with E-state index in [1.54, 1.807) is 47.0 Å². The lowest BCUT2D eigenvalue weighted by Gasteiger charge is -2.40. The number of H-pyrrole nitrogens is 1. The van der Waals surface area contributed by atoms with Gasteiger partial charge in [-0.1, -0.05) is 135 Å². The number of carbonyl (C=O) groups excluding carboxylic acids is 2. The number of hydrogen-bond acceptors (Lipinski definition) is 8. The number of aromatic nitrogens is 4. The summed E-state index contributed by atoms with van der Waals surface area (Å²) < 4.78 is 35.8. The highest BCUT2D eigenvalue weighted by molar-refractivity contribution is 7.92. The highest BCUT2D eigenvalue weighted by Crippen LogP contribution is 2.37. The van der Waals surface area contributed by atoms with Crippen LogP contribution in [0.2, 0.25) is 5.02 Å². The number of unbranched alkanes of at least 4 members (excludes halogenated alkanes) is 9. The van der Waals surface area contributed by atoms with Crippen LogP contribution in [0.4, 0.5) is 11.4 Å². The van der Waals surface area contributed by atoms with Gasteiger partial charge in [0, 0.05) is 22.1 Å². The predicted octanol–water partition coefficient (Wildman–Crippen LogP) is 8.98. The van der Waals surface area contributed by atoms with Crippen LogP contribution in [0.1, 0.15) is 149 Å². The predicted molar refractivity (Wildman–Crippen MR) is 232 cm³/mol. The third-order valence-corrected chi connectivity index (χ3v) is 12.6. The van der Waals surface area contributed by atoms with E-state index in [-0.39, 0.29) is 29.9 Å². The zero-order valence-electron chi connectivity index (χ0n) is 35.5. The molecule has 4 aromatic rings. The number of carbonyl (C=O) groups is 2. The van der Waals surface area contributed by atoms with Gasteiger partial charge >= 0.3 is 0 Å². The van der Waals surface area contributed by atoms with E-state index < -0.39 is 38.9 Å². The molecule has 0 aliphatic carbocycles. The van der Waals surface area contributed by atoms with Crippen molar-refractivity contribution in [3.63, 3.8) is 0 Å². The van der Waals surface area contributed by atoms with E-state index in [1.807, 2.05) is 27.7 Å². The van der Waals surface area contributed by atoms with Crippen LogP contribution < -0.4 is 20.1 Å². The van der Waals surface area contributed by atoms with Crippen molar-refractivity contribution < 1.29 is 27.9 Å². The van der Waals surface area contributed by atoms with Gasteiger partial charge in [0.05, 0.1) is 29.7 Å². The van der Waals surface area contributed by atoms with Crippen LogP contribution in [-0.4, -0.2) is 63.0 Å². The van der Waals surface area contributed by atoms with Crippen molar-refractivity contribution in [3.8, 4) is 5.75 Å². The molecule has 0 saturated carbocycles. The average molecular weight is 843 g/mol. The fourth-order valence-corrected chi connectivity index (χ4v) is 8.30. The zero-order chi connectivity index (χ0) is 42.7. The van der Waals surface area contributed by atoms with Crippen LogP contribution in [-0.2, 0) is 30.4 Å². The molecule has 1 atom stereocenters. The standard InChI is InChI=1S/C43H64ClN7O6S/c1-9-10-11-12-13-14-15-16-17-20-26-58(55,56)50-31-23-21-22-30(27-31)33(52)28-35(53)45-32-24-18-19-25-34(32)57-29-36(54)46-43(7,8)42(5,6)40-48-47-39-37(44)38(41(2,3)4)49-51(39)40/h18-19,21-25,27,33,49-50,52H,9-17,20,26,28-29H2,1-8H3,(H,45,53)(H,46,54). The number of nitrogens with one attached hydrogen (secondary N) is 4. The Balaban J connectivity index is 1.27. The second-order valence-corrected chi connectivity index (χ2v) is 19.5. The van der Waals surface area contributed by atoms with Gasteiger partial charge < -0.3 is 20.5 Å². The smallest absolute Gasteiger partial charge is 0.258 e. The Hall–Kier alpha value is -4.14. The Morgan fingerprint density at radius 1 is 0.879 bits per heavy atom. The monoisotopic (exact) mass is 841 g/mol. The molecule has 0 saturated heterocycles. The van der Waals surface area contributed by atoms with E-state index in [9.17, 15) is 23.1 Å². The molecule has 0 fully saturated rings. The van der Waals surface area contributed by atoms with E-state index >= 15 is 0 Å². The van der Waals surface area contributed by atoms with Crippen LogP contribution in [0.5, 0.6) is 5.75 Å². The van der Waals surface area contributed by atoms with E-state index in [2.05, 4.69) is 58.3 Å². The molecule has 0 spiro atoms. The zero-order valence-corrected chi connectivity index (χ0v) is 37.1. The summed E-state index contributed by atoms with van der Waals surface area (Å²) >= 11 is 6.66. The van der Waals surface area contributed by atoms with Gasteiger partial charge in [0.25, 0.3) is 5.91 Å². The molecule has 0 bridgehead atoms. The first-order valence-corrected chi connectivity index (χ1v) is 22.5. The van der Waals surface area contributed by atoms with Crippen molar-refractivity contribution in [2.75, 3.05) is 22.4 Å². The lowest BCUT2D eigenvalue weighted by molar-refractivity contribution is -0.125. The maximum Gasteiger partial charge on any atom is 0.258 e. The quantitative estimate of drug-likeness (QED) is 0.0459. The molecule has 5 N–H and O–H groups in total. The second-order valence-electron chi connectivity index (χ2n) is 17.3. The Labute approximate surface area is 349 Å². The third-order valence-electron chi connectivity index (χ3n) is 10.8. The van der Waals surface area contributed by atoms with Crippen molar-refractivity contribution in [2.24, 2.45) is 0 Å². The lowest BCUT2D eigenvalue weighted by Crippen LogP contribution is -2.57. The van der Waals surface area contributed by atoms with Gasteiger partial charge in [-0.2, -0.15) is 0 Å². The van der Waals surface area contributed by atoms with Crippen LogP contribution in [0.3, 0.4) is 0 Å². The number of nitrogens with zero attached hydrogens (tertiary/aromatic N) is 3. The number of benzene rings is 2. The maximum atomic E-state index is 13.3. The van der Waals surface area contributed by atoms with Crippen molar-refractivity contribution in [3.05, 3.63) is 70.6 Å². The van der Waals surface area contributed by atoms with Crippen molar-refractivity contribution in [2.45, 2.75) is 148 Å². The molecule has 2 amide bonds. The van der Waals surface area contributed by atoms with Gasteiger partial charge in [-0.05, 0) is 50.1 Å². The highest BCUT2D eigenvalue weighted by atomic mass is 35.5. The minimum atomic E-state index is -3.57. The van der Waals surface area contributed by atoms with Crippen LogP contribution in [0.15, 0.2) is 48.5 Å². The number of ether oxygens (including phenoxy) is 1. The SMILES string of the molecule is CCCCCCCCCCCCS(=O)(=O)Nc1cccc(C(O)CC(=O)Nc2ccccc2OCC(=O)NC(C)(C)C(C)(C)c2nnc3c(Cl)c(C(C)(C)C)[nH]n23)c1. The number of rotatable bonds is 23. The number of hydrogen-bond donors (Lipinski definition) is 5. The molecule has 15 heteroatoms. The fraction of sp³-hybridized carbons (Fsp3) is 0.581. The largest absolute Gasteiger partial charge is 0.482 e. The van der Waals surface area contributed by atoms with Crippen molar-refractivity contribution in [1.82, 2.24) is 25.1 Å². The average Bonchev–Trinajstić information content (AvgIpc) is 3.72. The molecule has 13 nitrogen and oxygen atoms in total. The number of fused-ring (bicyclic) bond motifs is 1. The number of anilines is 2. The van der Waals surface area contributed by atoms with Gasteiger partial charge in [0.2, 0.25) is 15.9 Å². The number of halogens is 1. The lowest BCUT2D eigenvalue weighted by atomic mass is 9.73. The summed E-state index contributed by atoms with van der Waals surface area (Å²) in [6, 6.07) is 13.1. The minimum absolute atomic E-state index is 0.0200. The van der Waals surface area contributed by atoms with Gasteiger partial charge in [-0.25, -0.2) is 12.9 Å². The molecule has 1 unspecified atom stereocenters. The molecule has 4 rings (SSSR count). The number of aliphatic hydroxyl groups is 1. The third kappa shape index (κ3) is 12.7. The summed E-state index contributed by atoms with van der Waals surface area (Å²) in [7, 11) is -3.57. The highest BCUT2D eigenvalue weighted by Gasteiger charge is 2.44. The Morgan fingerprint density at radius 3 is 2.17 bits per heavy atom. The number of aromatic amines is 1. The topological polar surface area (TPSA) is 180 Å². The molecule has 320 valence electrons. The first-order chi connectivity index (χ1) is 27.3. The number of amides is 2. The van der Waals surface area contributed by atoms with Gasteiger partial charge in [0.1, 0.15) is 10.8 Å². The molecule has 0 aliphatic heterocycles. The molecule has 0 aliphatic rings. The van der Waals surface area contributed by atoms with Gasteiger partial charge in [0.15, 0.2) is 18.1 Å². The van der Waals surface area contributed by atoms with Crippen LogP contribution >= 0.6 is 11.6 Å². The Kier molecular flexibility index (Phi) is 16.2. The van der Waals surface area contributed by atoms with Gasteiger partial charge in [-0.3, -0.25) is 19.4 Å². The van der Waals surface area contributed by atoms with Crippen LogP contribution in [0, 0.1) is 0 Å². The Morgan fingerprint density at radius 2 is 1.52 bits per heavy atom. The fourth-order valence-electron chi connectivity index (χ4n) is 6.68. The summed E-state index contributed by atoms with van der Waals surface area (Å²) in [6.45, 7) is 15.7. The number of para-hydroxylation sites is 2. The molecular formula is C43H64ClN7O6S.